The van der Waals surface area contributed by atoms with Crippen LogP contribution in [0.5, 0.6) is 0 Å². The molecule has 0 saturated carbocycles. The molecule has 5 nitrogen and oxygen atoms in total. The van der Waals surface area contributed by atoms with Crippen LogP contribution in [0.4, 0.5) is 0 Å². The van der Waals surface area contributed by atoms with Crippen LogP contribution in [0, 0.1) is 0 Å². The number of fused-ring (bicyclic) bond motifs is 3. The van der Waals surface area contributed by atoms with Crippen LogP contribution in [0.2, 0.25) is 0 Å². The van der Waals surface area contributed by atoms with Crippen molar-refractivity contribution in [2.24, 2.45) is 0 Å². The molecule has 4 aromatic rings. The van der Waals surface area contributed by atoms with Crippen LogP contribution in [0.1, 0.15) is 35.3 Å². The molecule has 0 aliphatic rings. The normalized spacial score (nSPS) is 11.3. The predicted molar refractivity (Wildman–Crippen MR) is 115 cm³/mol. The van der Waals surface area contributed by atoms with Gasteiger partial charge in [-0.2, -0.15) is 0 Å². The van der Waals surface area contributed by atoms with E-state index in [-0.39, 0.29) is 12.7 Å². The summed E-state index contributed by atoms with van der Waals surface area (Å²) in [6, 6.07) is 20.0. The summed E-state index contributed by atoms with van der Waals surface area (Å²) in [5.41, 5.74) is 2.05. The van der Waals surface area contributed by atoms with Crippen molar-refractivity contribution in [1.29, 1.82) is 0 Å². The molecule has 0 aliphatic carbocycles. The average Bonchev–Trinajstić information content (AvgIpc) is 2.75. The van der Waals surface area contributed by atoms with Gasteiger partial charge in [0, 0.05) is 17.0 Å². The minimum Gasteiger partial charge on any atom is -0.457 e. The van der Waals surface area contributed by atoms with E-state index < -0.39 is 11.6 Å². The van der Waals surface area contributed by atoms with Crippen LogP contribution in [-0.2, 0) is 22.7 Å². The number of ether oxygens (including phenoxy) is 2. The Labute approximate surface area is 173 Å². The number of carbonyl (C=O) groups is 1. The van der Waals surface area contributed by atoms with E-state index in [0.717, 1.165) is 21.7 Å². The summed E-state index contributed by atoms with van der Waals surface area (Å²) in [6.45, 7) is 4.42. The van der Waals surface area contributed by atoms with Crippen molar-refractivity contribution >= 4 is 27.7 Å². The molecular weight excluding hydrogens is 380 g/mol. The zero-order chi connectivity index (χ0) is 21.1. The van der Waals surface area contributed by atoms with Crippen molar-refractivity contribution < 1.29 is 18.7 Å². The fraction of sp³-hybridized carbons (Fsp3) is 0.200. The van der Waals surface area contributed by atoms with Crippen LogP contribution in [0.15, 0.2) is 75.9 Å². The molecule has 1 aromatic heterocycles. The maximum atomic E-state index is 12.5. The van der Waals surface area contributed by atoms with Gasteiger partial charge in [0.15, 0.2) is 0 Å². The second-order valence-corrected chi connectivity index (χ2v) is 7.38. The highest BCUT2D eigenvalue weighted by Gasteiger charge is 2.13. The van der Waals surface area contributed by atoms with Crippen molar-refractivity contribution in [2.45, 2.75) is 33.2 Å². The molecule has 0 amide bonds. The third kappa shape index (κ3) is 4.26. The van der Waals surface area contributed by atoms with Gasteiger partial charge >= 0.3 is 11.6 Å². The second kappa shape index (κ2) is 8.51. The highest BCUT2D eigenvalue weighted by Crippen LogP contribution is 2.28. The van der Waals surface area contributed by atoms with E-state index in [2.05, 4.69) is 0 Å². The molecule has 0 atom stereocenters. The quantitative estimate of drug-likeness (QED) is 0.251. The SMILES string of the molecule is CC(C)OCc1ccc(C(=O)OCc2cc(=O)oc3ccc4ccccc4c23)cc1. The smallest absolute Gasteiger partial charge is 0.338 e. The lowest BCUT2D eigenvalue weighted by Crippen LogP contribution is -2.08. The number of benzene rings is 3. The number of hydrogen-bond donors (Lipinski definition) is 0. The lowest BCUT2D eigenvalue weighted by molar-refractivity contribution is 0.0473. The molecule has 0 spiro atoms. The van der Waals surface area contributed by atoms with E-state index >= 15 is 0 Å². The summed E-state index contributed by atoms with van der Waals surface area (Å²) >= 11 is 0. The molecule has 0 bridgehead atoms. The molecule has 5 heteroatoms. The van der Waals surface area contributed by atoms with E-state index in [1.165, 1.54) is 6.07 Å². The molecule has 0 fully saturated rings. The van der Waals surface area contributed by atoms with Gasteiger partial charge in [0.2, 0.25) is 0 Å². The summed E-state index contributed by atoms with van der Waals surface area (Å²) in [7, 11) is 0. The number of hydrogen-bond acceptors (Lipinski definition) is 5. The van der Waals surface area contributed by atoms with E-state index in [1.807, 2.05) is 56.3 Å². The third-order valence-corrected chi connectivity index (χ3v) is 4.85. The average molecular weight is 402 g/mol. The summed E-state index contributed by atoms with van der Waals surface area (Å²) in [5.74, 6) is -0.451. The van der Waals surface area contributed by atoms with Crippen LogP contribution >= 0.6 is 0 Å². The number of esters is 1. The van der Waals surface area contributed by atoms with Gasteiger partial charge in [0.1, 0.15) is 12.2 Å². The summed E-state index contributed by atoms with van der Waals surface area (Å²) < 4.78 is 16.4. The Hall–Kier alpha value is -3.44. The zero-order valence-electron chi connectivity index (χ0n) is 16.9. The van der Waals surface area contributed by atoms with Crippen LogP contribution in [0.25, 0.3) is 21.7 Å². The Balaban J connectivity index is 1.57. The van der Waals surface area contributed by atoms with Gasteiger partial charge in [-0.15, -0.1) is 0 Å². The highest BCUT2D eigenvalue weighted by atomic mass is 16.5. The van der Waals surface area contributed by atoms with Crippen LogP contribution in [0.3, 0.4) is 0 Å². The zero-order valence-corrected chi connectivity index (χ0v) is 16.9. The van der Waals surface area contributed by atoms with Gasteiger partial charge in [-0.25, -0.2) is 9.59 Å². The number of carbonyl (C=O) groups excluding carboxylic acids is 1. The molecule has 0 N–H and O–H groups in total. The first kappa shape index (κ1) is 19.9. The monoisotopic (exact) mass is 402 g/mol. The molecule has 0 saturated heterocycles. The Morgan fingerprint density at radius 3 is 2.50 bits per heavy atom. The summed E-state index contributed by atoms with van der Waals surface area (Å²) in [5, 5.41) is 2.74. The summed E-state index contributed by atoms with van der Waals surface area (Å²) in [6.07, 6.45) is 0.143. The molecule has 3 aromatic carbocycles. The lowest BCUT2D eigenvalue weighted by Gasteiger charge is -2.10. The molecule has 152 valence electrons. The van der Waals surface area contributed by atoms with Crippen molar-refractivity contribution in [3.63, 3.8) is 0 Å². The van der Waals surface area contributed by atoms with Gasteiger partial charge in [-0.05, 0) is 48.4 Å². The van der Waals surface area contributed by atoms with Gasteiger partial charge in [0.25, 0.3) is 0 Å². The molecule has 4 rings (SSSR count). The predicted octanol–water partition coefficient (Wildman–Crippen LogP) is 5.23. The maximum Gasteiger partial charge on any atom is 0.338 e. The molecule has 0 radical (unpaired) electrons. The Morgan fingerprint density at radius 2 is 1.73 bits per heavy atom. The van der Waals surface area contributed by atoms with E-state index in [4.69, 9.17) is 13.9 Å². The van der Waals surface area contributed by atoms with Gasteiger partial charge in [0.05, 0.1) is 18.3 Å². The molecule has 1 heterocycles. The second-order valence-electron chi connectivity index (χ2n) is 7.38. The Morgan fingerprint density at radius 1 is 0.967 bits per heavy atom. The number of rotatable bonds is 6. The minimum absolute atomic E-state index is 0.0207. The fourth-order valence-corrected chi connectivity index (χ4v) is 3.36. The van der Waals surface area contributed by atoms with Gasteiger partial charge < -0.3 is 13.9 Å². The molecule has 0 aliphatic heterocycles. The van der Waals surface area contributed by atoms with Crippen molar-refractivity contribution in [1.82, 2.24) is 0 Å². The molecule has 0 unspecified atom stereocenters. The standard InChI is InChI=1S/C25H22O5/c1-16(2)28-14-17-7-9-19(10-8-17)25(27)29-15-20-13-23(26)30-22-12-11-18-5-3-4-6-21(18)24(20)22/h3-13,16H,14-15H2,1-2H3. The first-order valence-corrected chi connectivity index (χ1v) is 9.83. The van der Waals surface area contributed by atoms with E-state index in [1.54, 1.807) is 18.2 Å². The van der Waals surface area contributed by atoms with Crippen molar-refractivity contribution in [2.75, 3.05) is 0 Å². The largest absolute Gasteiger partial charge is 0.457 e. The topological polar surface area (TPSA) is 65.7 Å². The van der Waals surface area contributed by atoms with Crippen LogP contribution < -0.4 is 5.63 Å². The highest BCUT2D eigenvalue weighted by molar-refractivity contribution is 6.07. The lowest BCUT2D eigenvalue weighted by atomic mass is 10.0. The van der Waals surface area contributed by atoms with E-state index in [9.17, 15) is 9.59 Å². The Bertz CT molecular complexity index is 1250. The van der Waals surface area contributed by atoms with Gasteiger partial charge in [-0.3, -0.25) is 0 Å². The first-order chi connectivity index (χ1) is 14.5. The van der Waals surface area contributed by atoms with E-state index in [0.29, 0.717) is 23.3 Å². The molecule has 30 heavy (non-hydrogen) atoms. The van der Waals surface area contributed by atoms with Crippen LogP contribution in [-0.4, -0.2) is 12.1 Å². The minimum atomic E-state index is -0.474. The fourth-order valence-electron chi connectivity index (χ4n) is 3.36. The third-order valence-electron chi connectivity index (χ3n) is 4.85. The molecular formula is C25H22O5. The van der Waals surface area contributed by atoms with Gasteiger partial charge in [-0.1, -0.05) is 42.5 Å². The Kier molecular flexibility index (Phi) is 5.63. The van der Waals surface area contributed by atoms with Crippen molar-refractivity contribution in [3.8, 4) is 0 Å². The first-order valence-electron chi connectivity index (χ1n) is 9.83. The summed E-state index contributed by atoms with van der Waals surface area (Å²) in [4.78, 5) is 24.5. The van der Waals surface area contributed by atoms with Crippen molar-refractivity contribution in [3.05, 3.63) is 93.8 Å². The maximum absolute atomic E-state index is 12.5.